The fourth-order valence-electron chi connectivity index (χ4n) is 3.04. The van der Waals surface area contributed by atoms with E-state index in [0.29, 0.717) is 28.5 Å². The van der Waals surface area contributed by atoms with E-state index >= 15 is 0 Å². The van der Waals surface area contributed by atoms with Crippen molar-refractivity contribution in [3.05, 3.63) is 68.7 Å². The van der Waals surface area contributed by atoms with Crippen molar-refractivity contribution in [2.24, 2.45) is 5.41 Å². The van der Waals surface area contributed by atoms with Crippen molar-refractivity contribution in [2.75, 3.05) is 0 Å². The first-order valence-corrected chi connectivity index (χ1v) is 9.14. The Morgan fingerprint density at radius 3 is 2.67 bits per heavy atom. The third-order valence-corrected chi connectivity index (χ3v) is 4.54. The summed E-state index contributed by atoms with van der Waals surface area (Å²) in [4.78, 5) is 16.7. The second-order valence-corrected chi connectivity index (χ2v) is 8.23. The van der Waals surface area contributed by atoms with Crippen LogP contribution in [0.2, 0.25) is 5.02 Å². The maximum atomic E-state index is 12.2. The van der Waals surface area contributed by atoms with Gasteiger partial charge in [0.1, 0.15) is 11.6 Å². The lowest BCUT2D eigenvalue weighted by atomic mass is 9.85. The molecule has 1 aromatic carbocycles. The van der Waals surface area contributed by atoms with Crippen LogP contribution < -0.4 is 10.9 Å². The number of nitrogens with zero attached hydrogens (tertiary/aromatic N) is 3. The van der Waals surface area contributed by atoms with Gasteiger partial charge in [0.2, 0.25) is 0 Å². The van der Waals surface area contributed by atoms with Crippen LogP contribution >= 0.6 is 11.6 Å². The van der Waals surface area contributed by atoms with Crippen molar-refractivity contribution in [3.8, 4) is 6.07 Å². The average molecular weight is 384 g/mol. The van der Waals surface area contributed by atoms with Gasteiger partial charge in [-0.25, -0.2) is 9.50 Å². The molecule has 3 rings (SSSR count). The molecule has 2 N–H and O–H groups in total. The Morgan fingerprint density at radius 1 is 1.33 bits per heavy atom. The maximum absolute atomic E-state index is 12.2. The van der Waals surface area contributed by atoms with Gasteiger partial charge in [0.25, 0.3) is 5.56 Å². The smallest absolute Gasteiger partial charge is 0.272 e. The van der Waals surface area contributed by atoms with Gasteiger partial charge in [-0.3, -0.25) is 9.89 Å². The van der Waals surface area contributed by atoms with Crippen molar-refractivity contribution in [3.63, 3.8) is 0 Å². The van der Waals surface area contributed by atoms with Crippen molar-refractivity contribution in [2.45, 2.75) is 39.8 Å². The van der Waals surface area contributed by atoms with Gasteiger partial charge in [0.05, 0.1) is 5.69 Å². The summed E-state index contributed by atoms with van der Waals surface area (Å²) >= 11 is 6.02. The maximum Gasteiger partial charge on any atom is 0.272 e. The average Bonchev–Trinajstić information content (AvgIpc) is 3.02. The van der Waals surface area contributed by atoms with Crippen LogP contribution in [0.3, 0.4) is 0 Å². The zero-order valence-corrected chi connectivity index (χ0v) is 16.3. The molecule has 1 unspecified atom stereocenters. The van der Waals surface area contributed by atoms with Crippen LogP contribution in [0.5, 0.6) is 0 Å². The minimum Gasteiger partial charge on any atom is -0.304 e. The van der Waals surface area contributed by atoms with Crippen molar-refractivity contribution in [1.82, 2.24) is 19.9 Å². The summed E-state index contributed by atoms with van der Waals surface area (Å²) in [6, 6.07) is 11.4. The van der Waals surface area contributed by atoms with E-state index in [1.54, 1.807) is 0 Å². The summed E-state index contributed by atoms with van der Waals surface area (Å²) in [5, 5.41) is 16.1. The third kappa shape index (κ3) is 4.57. The topological polar surface area (TPSA) is 86.0 Å². The fourth-order valence-corrected chi connectivity index (χ4v) is 3.17. The van der Waals surface area contributed by atoms with E-state index in [9.17, 15) is 10.1 Å². The number of benzene rings is 1. The van der Waals surface area contributed by atoms with Gasteiger partial charge in [-0.1, -0.05) is 44.5 Å². The third-order valence-electron chi connectivity index (χ3n) is 4.29. The highest BCUT2D eigenvalue weighted by molar-refractivity contribution is 6.30. The number of aromatic nitrogens is 3. The van der Waals surface area contributed by atoms with Gasteiger partial charge in [-0.2, -0.15) is 5.26 Å². The second-order valence-electron chi connectivity index (χ2n) is 7.79. The normalized spacial score (nSPS) is 12.9. The van der Waals surface area contributed by atoms with E-state index < -0.39 is 0 Å². The number of rotatable bonds is 5. The quantitative estimate of drug-likeness (QED) is 0.701. The Kier molecular flexibility index (Phi) is 5.36. The number of halogens is 1. The Bertz CT molecular complexity index is 1040. The first-order chi connectivity index (χ1) is 12.8. The summed E-state index contributed by atoms with van der Waals surface area (Å²) in [6.07, 6.45) is 2.39. The summed E-state index contributed by atoms with van der Waals surface area (Å²) in [5.41, 5.74) is 2.30. The molecule has 0 aliphatic carbocycles. The molecule has 0 bridgehead atoms. The number of aromatic amines is 1. The predicted octanol–water partition coefficient (Wildman–Crippen LogP) is 3.81. The summed E-state index contributed by atoms with van der Waals surface area (Å²) in [7, 11) is 0. The molecule has 0 fully saturated rings. The highest BCUT2D eigenvalue weighted by atomic mass is 35.5. The first-order valence-electron chi connectivity index (χ1n) is 8.76. The van der Waals surface area contributed by atoms with E-state index in [1.165, 1.54) is 16.8 Å². The molecule has 0 aliphatic heterocycles. The van der Waals surface area contributed by atoms with Gasteiger partial charge >= 0.3 is 0 Å². The van der Waals surface area contributed by atoms with E-state index in [0.717, 1.165) is 12.0 Å². The van der Waals surface area contributed by atoms with E-state index in [2.05, 4.69) is 36.2 Å². The number of nitrogens with one attached hydrogen (secondary N) is 2. The molecule has 0 amide bonds. The minimum absolute atomic E-state index is 0.0872. The number of hydrogen-bond acceptors (Lipinski definition) is 4. The van der Waals surface area contributed by atoms with Crippen molar-refractivity contribution in [1.29, 1.82) is 5.26 Å². The highest BCUT2D eigenvalue weighted by Crippen LogP contribution is 2.30. The van der Waals surface area contributed by atoms with Crippen LogP contribution in [-0.4, -0.2) is 14.6 Å². The number of H-pyrrole nitrogens is 1. The lowest BCUT2D eigenvalue weighted by Crippen LogP contribution is -2.27. The van der Waals surface area contributed by atoms with Crippen LogP contribution in [0.4, 0.5) is 0 Å². The molecule has 7 heteroatoms. The lowest BCUT2D eigenvalue weighted by molar-refractivity contribution is 0.309. The molecular formula is C20H22ClN5O. The van der Waals surface area contributed by atoms with Crippen molar-refractivity contribution < 1.29 is 0 Å². The number of hydrogen-bond donors (Lipinski definition) is 2. The largest absolute Gasteiger partial charge is 0.304 e. The van der Waals surface area contributed by atoms with E-state index in [-0.39, 0.29) is 17.0 Å². The Labute approximate surface area is 162 Å². The second kappa shape index (κ2) is 7.55. The highest BCUT2D eigenvalue weighted by Gasteiger charge is 2.20. The van der Waals surface area contributed by atoms with Crippen LogP contribution in [-0.2, 0) is 6.54 Å². The first kappa shape index (κ1) is 19.2. The summed E-state index contributed by atoms with van der Waals surface area (Å²) < 4.78 is 1.27. The van der Waals surface area contributed by atoms with E-state index in [4.69, 9.17) is 11.6 Å². The monoisotopic (exact) mass is 383 g/mol. The molecule has 3 aromatic rings. The van der Waals surface area contributed by atoms with Gasteiger partial charge in [0.15, 0.2) is 5.65 Å². The molecule has 6 nitrogen and oxygen atoms in total. The molecule has 2 aromatic heterocycles. The van der Waals surface area contributed by atoms with Crippen molar-refractivity contribution >= 4 is 17.2 Å². The number of fused-ring (bicyclic) bond motifs is 1. The van der Waals surface area contributed by atoms with Gasteiger partial charge in [-0.05, 0) is 29.5 Å². The summed E-state index contributed by atoms with van der Waals surface area (Å²) in [6.45, 7) is 6.99. The van der Waals surface area contributed by atoms with Crippen LogP contribution in [0.15, 0.2) is 41.3 Å². The van der Waals surface area contributed by atoms with E-state index in [1.807, 2.05) is 30.3 Å². The van der Waals surface area contributed by atoms with Crippen LogP contribution in [0.25, 0.3) is 5.65 Å². The lowest BCUT2D eigenvalue weighted by Gasteiger charge is -2.27. The molecule has 0 saturated heterocycles. The standard InChI is InChI=1S/C20H22ClN5O/c1-20(2,3)9-17(13-4-6-15(21)7-5-13)23-12-16-8-18(27)26-19(25-16)14(10-22)11-24-26/h4-8,11,17,23-24H,9,12H2,1-3H3. The van der Waals surface area contributed by atoms with Crippen LogP contribution in [0, 0.1) is 16.7 Å². The molecule has 0 aliphatic rings. The molecule has 27 heavy (non-hydrogen) atoms. The van der Waals surface area contributed by atoms with Gasteiger partial charge < -0.3 is 5.32 Å². The molecule has 2 heterocycles. The van der Waals surface area contributed by atoms with Gasteiger partial charge in [-0.15, -0.1) is 0 Å². The molecule has 0 saturated carbocycles. The molecule has 1 atom stereocenters. The SMILES string of the molecule is CC(C)(C)CC(NCc1cc(=O)n2[nH]cc(C#N)c2n1)c1ccc(Cl)cc1. The summed E-state index contributed by atoms with van der Waals surface area (Å²) in [5.74, 6) is 0. The fraction of sp³-hybridized carbons (Fsp3) is 0.350. The van der Waals surface area contributed by atoms with Crippen LogP contribution in [0.1, 0.15) is 50.1 Å². The zero-order chi connectivity index (χ0) is 19.6. The minimum atomic E-state index is -0.239. The molecule has 0 spiro atoms. The Hall–Kier alpha value is -2.62. The zero-order valence-electron chi connectivity index (χ0n) is 15.6. The van der Waals surface area contributed by atoms with Gasteiger partial charge in [0, 0.05) is 29.9 Å². The Morgan fingerprint density at radius 2 is 2.04 bits per heavy atom. The molecule has 0 radical (unpaired) electrons. The Balaban J connectivity index is 1.86. The predicted molar refractivity (Wildman–Crippen MR) is 106 cm³/mol. The molecular weight excluding hydrogens is 362 g/mol. The number of nitriles is 1. The molecule has 140 valence electrons.